The number of halogens is 3. The number of aliphatic hydroxyl groups excluding tert-OH is 1. The van der Waals surface area contributed by atoms with Crippen molar-refractivity contribution in [2.75, 3.05) is 0 Å². The Bertz CT molecular complexity index is 283. The molecule has 0 fully saturated rings. The molecule has 0 aliphatic rings. The van der Waals surface area contributed by atoms with Gasteiger partial charge in [0.05, 0.1) is 0 Å². The second-order valence-electron chi connectivity index (χ2n) is 5.80. The van der Waals surface area contributed by atoms with Crippen molar-refractivity contribution in [2.24, 2.45) is 0 Å². The normalized spacial score (nSPS) is 13.1. The molecule has 1 amide bonds. The number of carbonyl (C=O) groups is 1. The van der Waals surface area contributed by atoms with E-state index in [2.05, 4.69) is 12.2 Å². The third-order valence-electron chi connectivity index (χ3n) is 3.62. The van der Waals surface area contributed by atoms with Crippen LogP contribution < -0.4 is 5.32 Å². The van der Waals surface area contributed by atoms with Crippen molar-refractivity contribution in [1.82, 2.24) is 5.32 Å². The molecule has 6 heteroatoms. The van der Waals surface area contributed by atoms with Gasteiger partial charge in [0.15, 0.2) is 6.23 Å². The minimum absolute atomic E-state index is 0.283. The summed E-state index contributed by atoms with van der Waals surface area (Å²) >= 11 is 16.4. The number of aliphatic hydroxyl groups is 1. The molecule has 0 saturated carbocycles. The zero-order valence-corrected chi connectivity index (χ0v) is 15.8. The van der Waals surface area contributed by atoms with Gasteiger partial charge in [0.25, 0.3) is 0 Å². The molecule has 0 rings (SSSR count). The van der Waals surface area contributed by atoms with Crippen LogP contribution in [0.4, 0.5) is 0 Å². The number of amides is 1. The lowest BCUT2D eigenvalue weighted by molar-refractivity contribution is -0.124. The molecule has 0 saturated heterocycles. The quantitative estimate of drug-likeness (QED) is 0.254. The molecule has 132 valence electrons. The number of hydrogen-bond acceptors (Lipinski definition) is 2. The van der Waals surface area contributed by atoms with Gasteiger partial charge in [-0.25, -0.2) is 0 Å². The summed E-state index contributed by atoms with van der Waals surface area (Å²) in [5.74, 6) is -0.283. The first kappa shape index (κ1) is 22.3. The SMILES string of the molecule is CCCCCCCCCCCCCC(=O)N[C@H](O)C(Cl)(Cl)Cl. The lowest BCUT2D eigenvalue weighted by Gasteiger charge is -2.19. The minimum atomic E-state index is -1.88. The molecule has 0 bridgehead atoms. The van der Waals surface area contributed by atoms with E-state index in [1.807, 2.05) is 0 Å². The molecule has 0 spiro atoms. The Morgan fingerprint density at radius 2 is 1.32 bits per heavy atom. The summed E-state index contributed by atoms with van der Waals surface area (Å²) in [7, 11) is 0. The molecule has 0 aromatic heterocycles. The summed E-state index contributed by atoms with van der Waals surface area (Å²) in [4.78, 5) is 11.5. The van der Waals surface area contributed by atoms with Crippen LogP contribution in [-0.4, -0.2) is 21.0 Å². The Morgan fingerprint density at radius 1 is 0.909 bits per heavy atom. The summed E-state index contributed by atoms with van der Waals surface area (Å²) in [6.07, 6.45) is 12.4. The molecule has 0 aliphatic heterocycles. The van der Waals surface area contributed by atoms with Crippen molar-refractivity contribution in [2.45, 2.75) is 94.0 Å². The summed E-state index contributed by atoms with van der Waals surface area (Å²) in [5, 5.41) is 11.7. The molecule has 0 unspecified atom stereocenters. The highest BCUT2D eigenvalue weighted by Gasteiger charge is 2.31. The molecule has 22 heavy (non-hydrogen) atoms. The van der Waals surface area contributed by atoms with Crippen molar-refractivity contribution in [3.63, 3.8) is 0 Å². The van der Waals surface area contributed by atoms with E-state index < -0.39 is 10.0 Å². The summed E-state index contributed by atoms with van der Waals surface area (Å²) in [6.45, 7) is 2.23. The van der Waals surface area contributed by atoms with Gasteiger partial charge >= 0.3 is 0 Å². The van der Waals surface area contributed by atoms with Crippen LogP contribution in [0.5, 0.6) is 0 Å². The van der Waals surface area contributed by atoms with Gasteiger partial charge in [-0.05, 0) is 6.42 Å². The van der Waals surface area contributed by atoms with Crippen LogP contribution in [0.1, 0.15) is 84.0 Å². The van der Waals surface area contributed by atoms with Crippen molar-refractivity contribution < 1.29 is 9.90 Å². The van der Waals surface area contributed by atoms with E-state index in [0.717, 1.165) is 19.3 Å². The van der Waals surface area contributed by atoms with Crippen LogP contribution in [0, 0.1) is 0 Å². The van der Waals surface area contributed by atoms with Gasteiger partial charge in [-0.3, -0.25) is 4.79 Å². The van der Waals surface area contributed by atoms with Gasteiger partial charge in [-0.1, -0.05) is 106 Å². The van der Waals surface area contributed by atoms with E-state index in [9.17, 15) is 9.90 Å². The van der Waals surface area contributed by atoms with Gasteiger partial charge in [-0.15, -0.1) is 0 Å². The van der Waals surface area contributed by atoms with E-state index in [-0.39, 0.29) is 5.91 Å². The van der Waals surface area contributed by atoms with Crippen molar-refractivity contribution in [3.05, 3.63) is 0 Å². The van der Waals surface area contributed by atoms with Crippen LogP contribution in [0.3, 0.4) is 0 Å². The summed E-state index contributed by atoms with van der Waals surface area (Å²) < 4.78 is -1.88. The number of carbonyl (C=O) groups excluding carboxylic acids is 1. The number of nitrogens with one attached hydrogen (secondary N) is 1. The standard InChI is InChI=1S/C16H30Cl3NO2/c1-2-3-4-5-6-7-8-9-10-11-12-13-14(21)20-15(22)16(17,18)19/h15,22H,2-13H2,1H3,(H,20,21)/t15-/m1/s1. The molecular formula is C16H30Cl3NO2. The molecule has 1 atom stereocenters. The van der Waals surface area contributed by atoms with Crippen molar-refractivity contribution >= 4 is 40.7 Å². The van der Waals surface area contributed by atoms with Crippen LogP contribution >= 0.6 is 34.8 Å². The fourth-order valence-corrected chi connectivity index (χ4v) is 2.42. The first-order chi connectivity index (χ1) is 10.4. The second-order valence-corrected chi connectivity index (χ2v) is 8.17. The highest BCUT2D eigenvalue weighted by Crippen LogP contribution is 2.28. The number of hydrogen-bond donors (Lipinski definition) is 2. The Hall–Kier alpha value is 0.300. The van der Waals surface area contributed by atoms with Crippen LogP contribution in [-0.2, 0) is 4.79 Å². The van der Waals surface area contributed by atoms with Crippen molar-refractivity contribution in [1.29, 1.82) is 0 Å². The van der Waals surface area contributed by atoms with Crippen LogP contribution in [0.15, 0.2) is 0 Å². The third-order valence-corrected chi connectivity index (χ3v) is 4.24. The molecule has 0 aromatic rings. The fraction of sp³-hybridized carbons (Fsp3) is 0.938. The van der Waals surface area contributed by atoms with E-state index >= 15 is 0 Å². The Labute approximate surface area is 150 Å². The van der Waals surface area contributed by atoms with Gasteiger partial charge in [0.2, 0.25) is 9.70 Å². The average molecular weight is 375 g/mol. The fourth-order valence-electron chi connectivity index (χ4n) is 2.26. The molecular weight excluding hydrogens is 345 g/mol. The number of alkyl halides is 3. The number of unbranched alkanes of at least 4 members (excludes halogenated alkanes) is 10. The molecule has 0 heterocycles. The van der Waals surface area contributed by atoms with E-state index in [1.54, 1.807) is 0 Å². The van der Waals surface area contributed by atoms with E-state index in [1.165, 1.54) is 51.4 Å². The Kier molecular flexibility index (Phi) is 13.9. The predicted molar refractivity (Wildman–Crippen MR) is 95.5 cm³/mol. The van der Waals surface area contributed by atoms with Crippen LogP contribution in [0.25, 0.3) is 0 Å². The third kappa shape index (κ3) is 13.9. The first-order valence-electron chi connectivity index (χ1n) is 8.42. The monoisotopic (exact) mass is 373 g/mol. The average Bonchev–Trinajstić information content (AvgIpc) is 2.43. The predicted octanol–water partition coefficient (Wildman–Crippen LogP) is 5.49. The van der Waals surface area contributed by atoms with E-state index in [0.29, 0.717) is 6.42 Å². The summed E-state index contributed by atoms with van der Waals surface area (Å²) in [6, 6.07) is 0. The molecule has 0 radical (unpaired) electrons. The zero-order valence-electron chi connectivity index (χ0n) is 13.6. The molecule has 2 N–H and O–H groups in total. The van der Waals surface area contributed by atoms with Gasteiger partial charge in [0, 0.05) is 6.42 Å². The Balaban J connectivity index is 3.34. The van der Waals surface area contributed by atoms with Crippen LogP contribution in [0.2, 0.25) is 0 Å². The van der Waals surface area contributed by atoms with Gasteiger partial charge < -0.3 is 10.4 Å². The zero-order chi connectivity index (χ0) is 16.8. The maximum atomic E-state index is 11.5. The maximum Gasteiger partial charge on any atom is 0.234 e. The smallest absolute Gasteiger partial charge is 0.234 e. The Morgan fingerprint density at radius 3 is 1.73 bits per heavy atom. The first-order valence-corrected chi connectivity index (χ1v) is 9.55. The topological polar surface area (TPSA) is 49.3 Å². The highest BCUT2D eigenvalue weighted by molar-refractivity contribution is 6.68. The lowest BCUT2D eigenvalue weighted by Crippen LogP contribution is -2.43. The molecule has 0 aliphatic carbocycles. The summed E-state index contributed by atoms with van der Waals surface area (Å²) in [5.41, 5.74) is 0. The lowest BCUT2D eigenvalue weighted by atomic mass is 10.1. The van der Waals surface area contributed by atoms with Gasteiger partial charge in [0.1, 0.15) is 0 Å². The van der Waals surface area contributed by atoms with Crippen molar-refractivity contribution in [3.8, 4) is 0 Å². The molecule has 0 aromatic carbocycles. The van der Waals surface area contributed by atoms with Gasteiger partial charge in [-0.2, -0.15) is 0 Å². The largest absolute Gasteiger partial charge is 0.369 e. The van der Waals surface area contributed by atoms with E-state index in [4.69, 9.17) is 34.8 Å². The number of rotatable bonds is 13. The molecule has 3 nitrogen and oxygen atoms in total. The minimum Gasteiger partial charge on any atom is -0.369 e. The maximum absolute atomic E-state index is 11.5. The second kappa shape index (κ2) is 13.7. The highest BCUT2D eigenvalue weighted by atomic mass is 35.6.